The summed E-state index contributed by atoms with van der Waals surface area (Å²) in [5.41, 5.74) is 0. The van der Waals surface area contributed by atoms with Crippen LogP contribution < -0.4 is 4.74 Å². The molecule has 1 rings (SSSR count). The Hall–Kier alpha value is -0.610. The third kappa shape index (κ3) is 3.32. The summed E-state index contributed by atoms with van der Waals surface area (Å²) in [6.07, 6.45) is 0. The fourth-order valence-electron chi connectivity index (χ4n) is 0.776. The van der Waals surface area contributed by atoms with Gasteiger partial charge >= 0.3 is 0 Å². The Bertz CT molecular complexity index is 278. The zero-order valence-electron chi connectivity index (χ0n) is 7.22. The third-order valence-electron chi connectivity index (χ3n) is 1.40. The second kappa shape index (κ2) is 5.19. The van der Waals surface area contributed by atoms with E-state index in [4.69, 9.17) is 9.47 Å². The molecule has 0 atom stereocenters. The van der Waals surface area contributed by atoms with Crippen molar-refractivity contribution < 1.29 is 13.9 Å². The fourth-order valence-corrected chi connectivity index (χ4v) is 1.14. The SMILES string of the molecule is CCOCOc1cc(F)ccc1Br. The average Bonchev–Trinajstić information content (AvgIpc) is 2.11. The van der Waals surface area contributed by atoms with Gasteiger partial charge in [-0.05, 0) is 35.0 Å². The maximum Gasteiger partial charge on any atom is 0.189 e. The van der Waals surface area contributed by atoms with E-state index in [9.17, 15) is 4.39 Å². The molecule has 0 aliphatic carbocycles. The molecule has 0 heterocycles. The maximum atomic E-state index is 12.7. The molecule has 13 heavy (non-hydrogen) atoms. The zero-order chi connectivity index (χ0) is 9.68. The van der Waals surface area contributed by atoms with E-state index in [0.717, 1.165) is 0 Å². The molecule has 0 saturated heterocycles. The molecule has 0 bridgehead atoms. The highest BCUT2D eigenvalue weighted by molar-refractivity contribution is 9.10. The van der Waals surface area contributed by atoms with Gasteiger partial charge in [0.15, 0.2) is 6.79 Å². The minimum absolute atomic E-state index is 0.137. The predicted octanol–water partition coefficient (Wildman–Crippen LogP) is 2.96. The molecular formula is C9H10BrFO2. The van der Waals surface area contributed by atoms with Crippen LogP contribution in [0.1, 0.15) is 6.92 Å². The van der Waals surface area contributed by atoms with Gasteiger partial charge in [0, 0.05) is 12.7 Å². The lowest BCUT2D eigenvalue weighted by Crippen LogP contribution is -2.02. The molecule has 0 fully saturated rings. The standard InChI is InChI=1S/C9H10BrFO2/c1-2-12-6-13-9-5-7(11)3-4-8(9)10/h3-5H,2,6H2,1H3. The summed E-state index contributed by atoms with van der Waals surface area (Å²) in [7, 11) is 0. The Morgan fingerprint density at radius 1 is 1.46 bits per heavy atom. The molecule has 0 saturated carbocycles. The first-order valence-electron chi connectivity index (χ1n) is 3.89. The van der Waals surface area contributed by atoms with Crippen molar-refractivity contribution in [3.05, 3.63) is 28.5 Å². The highest BCUT2D eigenvalue weighted by atomic mass is 79.9. The molecule has 4 heteroatoms. The van der Waals surface area contributed by atoms with Gasteiger partial charge in [-0.1, -0.05) is 0 Å². The van der Waals surface area contributed by atoms with E-state index in [1.165, 1.54) is 12.1 Å². The van der Waals surface area contributed by atoms with Gasteiger partial charge in [-0.2, -0.15) is 0 Å². The van der Waals surface area contributed by atoms with Crippen LogP contribution in [0.25, 0.3) is 0 Å². The van der Waals surface area contributed by atoms with E-state index < -0.39 is 0 Å². The van der Waals surface area contributed by atoms with Crippen LogP contribution in [0.2, 0.25) is 0 Å². The van der Waals surface area contributed by atoms with Crippen LogP contribution in [0.5, 0.6) is 5.75 Å². The predicted molar refractivity (Wildman–Crippen MR) is 51.2 cm³/mol. The summed E-state index contributed by atoms with van der Waals surface area (Å²) in [5.74, 6) is 0.128. The van der Waals surface area contributed by atoms with Gasteiger partial charge in [0.25, 0.3) is 0 Å². The summed E-state index contributed by atoms with van der Waals surface area (Å²) in [6.45, 7) is 2.58. The summed E-state index contributed by atoms with van der Waals surface area (Å²) >= 11 is 3.24. The molecular weight excluding hydrogens is 239 g/mol. The smallest absolute Gasteiger partial charge is 0.189 e. The molecule has 0 spiro atoms. The van der Waals surface area contributed by atoms with Crippen LogP contribution in [-0.4, -0.2) is 13.4 Å². The second-order valence-corrected chi connectivity index (χ2v) is 3.18. The van der Waals surface area contributed by atoms with Gasteiger partial charge in [-0.3, -0.25) is 0 Å². The fraction of sp³-hybridized carbons (Fsp3) is 0.333. The number of rotatable bonds is 4. The van der Waals surface area contributed by atoms with Crippen molar-refractivity contribution in [3.63, 3.8) is 0 Å². The van der Waals surface area contributed by atoms with Crippen molar-refractivity contribution in [2.45, 2.75) is 6.92 Å². The van der Waals surface area contributed by atoms with Crippen molar-refractivity contribution in [2.24, 2.45) is 0 Å². The Morgan fingerprint density at radius 2 is 2.23 bits per heavy atom. The largest absolute Gasteiger partial charge is 0.466 e. The number of halogens is 2. The Morgan fingerprint density at radius 3 is 2.92 bits per heavy atom. The Labute approximate surface area is 84.8 Å². The third-order valence-corrected chi connectivity index (χ3v) is 2.05. The number of hydrogen-bond donors (Lipinski definition) is 0. The molecule has 72 valence electrons. The molecule has 0 N–H and O–H groups in total. The lowest BCUT2D eigenvalue weighted by atomic mass is 10.3. The lowest BCUT2D eigenvalue weighted by Gasteiger charge is -2.07. The quantitative estimate of drug-likeness (QED) is 0.603. The van der Waals surface area contributed by atoms with Crippen molar-refractivity contribution in [2.75, 3.05) is 13.4 Å². The van der Waals surface area contributed by atoms with E-state index in [0.29, 0.717) is 16.8 Å². The van der Waals surface area contributed by atoms with Crippen molar-refractivity contribution in [3.8, 4) is 5.75 Å². The van der Waals surface area contributed by atoms with E-state index in [1.54, 1.807) is 6.07 Å². The highest BCUT2D eigenvalue weighted by Crippen LogP contribution is 2.25. The van der Waals surface area contributed by atoms with Crippen molar-refractivity contribution in [1.82, 2.24) is 0 Å². The highest BCUT2D eigenvalue weighted by Gasteiger charge is 2.01. The lowest BCUT2D eigenvalue weighted by molar-refractivity contribution is 0.0218. The van der Waals surface area contributed by atoms with E-state index in [-0.39, 0.29) is 12.6 Å². The summed E-state index contributed by atoms with van der Waals surface area (Å²) in [5, 5.41) is 0. The first kappa shape index (κ1) is 10.5. The molecule has 0 amide bonds. The molecule has 0 aliphatic rings. The second-order valence-electron chi connectivity index (χ2n) is 2.33. The van der Waals surface area contributed by atoms with Crippen molar-refractivity contribution >= 4 is 15.9 Å². The van der Waals surface area contributed by atoms with Crippen LogP contribution in [0.15, 0.2) is 22.7 Å². The van der Waals surface area contributed by atoms with Crippen LogP contribution in [0.3, 0.4) is 0 Å². The average molecular weight is 249 g/mol. The number of hydrogen-bond acceptors (Lipinski definition) is 2. The number of ether oxygens (including phenoxy) is 2. The summed E-state index contributed by atoms with van der Waals surface area (Å²) < 4.78 is 23.5. The van der Waals surface area contributed by atoms with E-state index in [2.05, 4.69) is 15.9 Å². The van der Waals surface area contributed by atoms with Gasteiger partial charge in [0.05, 0.1) is 4.47 Å². The Balaban J connectivity index is 2.59. The van der Waals surface area contributed by atoms with Crippen LogP contribution >= 0.6 is 15.9 Å². The van der Waals surface area contributed by atoms with E-state index in [1.807, 2.05) is 6.92 Å². The summed E-state index contributed by atoms with van der Waals surface area (Å²) in [4.78, 5) is 0. The topological polar surface area (TPSA) is 18.5 Å². The van der Waals surface area contributed by atoms with Gasteiger partial charge < -0.3 is 9.47 Å². The van der Waals surface area contributed by atoms with Gasteiger partial charge in [-0.15, -0.1) is 0 Å². The maximum absolute atomic E-state index is 12.7. The zero-order valence-corrected chi connectivity index (χ0v) is 8.80. The van der Waals surface area contributed by atoms with Gasteiger partial charge in [-0.25, -0.2) is 4.39 Å². The minimum Gasteiger partial charge on any atom is -0.466 e. The molecule has 0 aliphatic heterocycles. The van der Waals surface area contributed by atoms with E-state index >= 15 is 0 Å². The van der Waals surface area contributed by atoms with Crippen molar-refractivity contribution in [1.29, 1.82) is 0 Å². The molecule has 0 unspecified atom stereocenters. The monoisotopic (exact) mass is 248 g/mol. The number of benzene rings is 1. The minimum atomic E-state index is -0.324. The first-order chi connectivity index (χ1) is 6.24. The molecule has 1 aromatic carbocycles. The van der Waals surface area contributed by atoms with Crippen LogP contribution in [-0.2, 0) is 4.74 Å². The first-order valence-corrected chi connectivity index (χ1v) is 4.69. The van der Waals surface area contributed by atoms with Gasteiger partial charge in [0.2, 0.25) is 0 Å². The molecule has 0 radical (unpaired) electrons. The van der Waals surface area contributed by atoms with Crippen LogP contribution in [0, 0.1) is 5.82 Å². The normalized spacial score (nSPS) is 10.1. The van der Waals surface area contributed by atoms with Crippen LogP contribution in [0.4, 0.5) is 4.39 Å². The Kier molecular flexibility index (Phi) is 4.18. The molecule has 2 nitrogen and oxygen atoms in total. The van der Waals surface area contributed by atoms with Gasteiger partial charge in [0.1, 0.15) is 11.6 Å². The molecule has 0 aromatic heterocycles. The molecule has 1 aromatic rings. The summed E-state index contributed by atoms with van der Waals surface area (Å²) in [6, 6.07) is 4.26.